The number of rotatable bonds is 6. The second-order valence-corrected chi connectivity index (χ2v) is 6.27. The summed E-state index contributed by atoms with van der Waals surface area (Å²) in [5.74, 6) is 0.839. The van der Waals surface area contributed by atoms with Gasteiger partial charge in [0.2, 0.25) is 5.82 Å². The predicted molar refractivity (Wildman–Crippen MR) is 100 cm³/mol. The Bertz CT molecular complexity index is 873. The number of nitriles is 1. The number of H-pyrrole nitrogens is 1. The topological polar surface area (TPSA) is 129 Å². The number of aryl methyl sites for hydroxylation is 2. The molecule has 2 N–H and O–H groups in total. The van der Waals surface area contributed by atoms with Crippen LogP contribution in [-0.4, -0.2) is 64.3 Å². The van der Waals surface area contributed by atoms with Crippen molar-refractivity contribution in [3.8, 4) is 11.8 Å². The Balaban J connectivity index is 1.65. The molecule has 1 aliphatic rings. The first-order chi connectivity index (χ1) is 13.6. The van der Waals surface area contributed by atoms with Crippen LogP contribution in [0.4, 0.5) is 5.69 Å². The van der Waals surface area contributed by atoms with Crippen molar-refractivity contribution in [2.75, 3.05) is 38.2 Å². The normalized spacial score (nSPS) is 14.5. The largest absolute Gasteiger partial charge is 0.483 e. The average molecular weight is 383 g/mol. The van der Waals surface area contributed by atoms with Crippen molar-refractivity contribution < 1.29 is 14.3 Å². The van der Waals surface area contributed by atoms with Gasteiger partial charge in [0.05, 0.1) is 13.2 Å². The van der Waals surface area contributed by atoms with Gasteiger partial charge in [-0.2, -0.15) is 10.5 Å². The molecule has 1 amide bonds. The third kappa shape index (κ3) is 4.63. The van der Waals surface area contributed by atoms with Crippen LogP contribution in [0.3, 0.4) is 0 Å². The minimum absolute atomic E-state index is 0.00916. The molecule has 10 heteroatoms. The Morgan fingerprint density at radius 2 is 2.11 bits per heavy atom. The van der Waals surface area contributed by atoms with Gasteiger partial charge in [-0.3, -0.25) is 4.79 Å². The number of hydrogen-bond donors (Lipinski definition) is 2. The summed E-state index contributed by atoms with van der Waals surface area (Å²) in [7, 11) is 0. The van der Waals surface area contributed by atoms with Crippen LogP contribution in [0.15, 0.2) is 18.3 Å². The summed E-state index contributed by atoms with van der Waals surface area (Å²) < 4.78 is 11.0. The fraction of sp³-hybridized carbons (Fsp3) is 0.389. The first-order valence-corrected chi connectivity index (χ1v) is 8.78. The molecule has 10 nitrogen and oxygen atoms in total. The van der Waals surface area contributed by atoms with Gasteiger partial charge in [-0.1, -0.05) is 0 Å². The van der Waals surface area contributed by atoms with Gasteiger partial charge in [0.1, 0.15) is 17.4 Å². The molecule has 2 aromatic rings. The minimum atomic E-state index is -0.0500. The van der Waals surface area contributed by atoms with E-state index in [-0.39, 0.29) is 23.9 Å². The van der Waals surface area contributed by atoms with Crippen LogP contribution in [-0.2, 0) is 9.53 Å². The number of hydrogen-bond acceptors (Lipinski definition) is 8. The van der Waals surface area contributed by atoms with E-state index in [4.69, 9.17) is 9.47 Å². The van der Waals surface area contributed by atoms with E-state index in [1.165, 1.54) is 6.20 Å². The van der Waals surface area contributed by atoms with Gasteiger partial charge >= 0.3 is 0 Å². The van der Waals surface area contributed by atoms with E-state index in [1.54, 1.807) is 4.90 Å². The smallest absolute Gasteiger partial charge is 0.260 e. The van der Waals surface area contributed by atoms with Crippen molar-refractivity contribution >= 4 is 17.2 Å². The molecule has 2 heterocycles. The monoisotopic (exact) mass is 383 g/mol. The minimum Gasteiger partial charge on any atom is -0.483 e. The number of aromatic amines is 1. The highest BCUT2D eigenvalue weighted by molar-refractivity contribution is 5.78. The number of carbonyl (C=O) groups excluding carboxylic acids is 1. The molecule has 1 saturated heterocycles. The number of aromatic nitrogens is 4. The summed E-state index contributed by atoms with van der Waals surface area (Å²) in [5.41, 5.74) is 2.78. The standard InChI is InChI=1S/C18H21N7O3/c1-12-7-15(20-10-14(9-19)18-21-23-24-22-18)8-13(2)17(12)28-11-16(26)25-3-5-27-6-4-25/h7-8,10,20H,3-6,11H2,1-2H3,(H,21,22,23,24). The lowest BCUT2D eigenvalue weighted by Crippen LogP contribution is -2.43. The average Bonchev–Trinajstić information content (AvgIpc) is 3.23. The number of allylic oxidation sites excluding steroid dienone is 1. The molecule has 0 aliphatic carbocycles. The first kappa shape index (κ1) is 19.3. The van der Waals surface area contributed by atoms with Crippen LogP contribution < -0.4 is 10.1 Å². The number of carbonyl (C=O) groups is 1. The number of morpholine rings is 1. The molecule has 1 aliphatic heterocycles. The zero-order valence-electron chi connectivity index (χ0n) is 15.7. The summed E-state index contributed by atoms with van der Waals surface area (Å²) in [6.45, 7) is 6.11. The molecule has 0 unspecified atom stereocenters. The van der Waals surface area contributed by atoms with Crippen LogP contribution >= 0.6 is 0 Å². The molecular weight excluding hydrogens is 362 g/mol. The molecule has 146 valence electrons. The van der Waals surface area contributed by atoms with E-state index in [9.17, 15) is 10.1 Å². The number of amides is 1. The molecule has 1 aromatic heterocycles. The third-order valence-corrected chi connectivity index (χ3v) is 4.25. The zero-order valence-corrected chi connectivity index (χ0v) is 15.7. The summed E-state index contributed by atoms with van der Waals surface area (Å²) in [6, 6.07) is 5.77. The predicted octanol–water partition coefficient (Wildman–Crippen LogP) is 1.03. The lowest BCUT2D eigenvalue weighted by Gasteiger charge is -2.27. The Labute approximate surface area is 162 Å². The van der Waals surface area contributed by atoms with Gasteiger partial charge in [0, 0.05) is 25.0 Å². The summed E-state index contributed by atoms with van der Waals surface area (Å²) in [6.07, 6.45) is 1.52. The maximum absolute atomic E-state index is 12.3. The molecule has 0 atom stereocenters. The van der Waals surface area contributed by atoms with Gasteiger partial charge in [-0.15, -0.1) is 10.2 Å². The van der Waals surface area contributed by atoms with Gasteiger partial charge < -0.3 is 19.7 Å². The van der Waals surface area contributed by atoms with Gasteiger partial charge in [-0.05, 0) is 42.3 Å². The molecule has 1 aromatic carbocycles. The Morgan fingerprint density at radius 3 is 2.71 bits per heavy atom. The van der Waals surface area contributed by atoms with E-state index in [1.807, 2.05) is 32.0 Å². The van der Waals surface area contributed by atoms with E-state index in [2.05, 4.69) is 25.9 Å². The van der Waals surface area contributed by atoms with Crippen molar-refractivity contribution in [2.45, 2.75) is 13.8 Å². The summed E-state index contributed by atoms with van der Waals surface area (Å²) >= 11 is 0. The quantitative estimate of drug-likeness (QED) is 0.708. The molecule has 0 bridgehead atoms. The van der Waals surface area contributed by atoms with Crippen LogP contribution in [0.1, 0.15) is 17.0 Å². The fourth-order valence-electron chi connectivity index (χ4n) is 2.88. The molecule has 0 saturated carbocycles. The van der Waals surface area contributed by atoms with Crippen LogP contribution in [0, 0.1) is 25.2 Å². The van der Waals surface area contributed by atoms with Crippen LogP contribution in [0.5, 0.6) is 5.75 Å². The third-order valence-electron chi connectivity index (χ3n) is 4.25. The van der Waals surface area contributed by atoms with Crippen molar-refractivity contribution in [1.82, 2.24) is 25.5 Å². The zero-order chi connectivity index (χ0) is 19.9. The number of tetrazole rings is 1. The van der Waals surface area contributed by atoms with E-state index in [0.717, 1.165) is 16.8 Å². The Kier molecular flexibility index (Phi) is 6.18. The lowest BCUT2D eigenvalue weighted by atomic mass is 10.1. The molecule has 1 fully saturated rings. The SMILES string of the molecule is Cc1cc(NC=C(C#N)c2nn[nH]n2)cc(C)c1OCC(=O)N1CCOCC1. The van der Waals surface area contributed by atoms with Crippen LogP contribution in [0.2, 0.25) is 0 Å². The number of nitrogens with one attached hydrogen (secondary N) is 2. The number of anilines is 1. The summed E-state index contributed by atoms with van der Waals surface area (Å²) in [5, 5.41) is 25.6. The maximum atomic E-state index is 12.3. The molecule has 0 spiro atoms. The molecule has 0 radical (unpaired) electrons. The summed E-state index contributed by atoms with van der Waals surface area (Å²) in [4.78, 5) is 14.0. The highest BCUT2D eigenvalue weighted by Gasteiger charge is 2.18. The number of ether oxygens (including phenoxy) is 2. The maximum Gasteiger partial charge on any atom is 0.260 e. The second kappa shape index (κ2) is 8.96. The second-order valence-electron chi connectivity index (χ2n) is 6.27. The van der Waals surface area contributed by atoms with E-state index in [0.29, 0.717) is 32.1 Å². The van der Waals surface area contributed by atoms with Gasteiger partial charge in [0.15, 0.2) is 6.61 Å². The van der Waals surface area contributed by atoms with Crippen molar-refractivity contribution in [3.05, 3.63) is 35.3 Å². The highest BCUT2D eigenvalue weighted by atomic mass is 16.5. The molecule has 28 heavy (non-hydrogen) atoms. The van der Waals surface area contributed by atoms with Gasteiger partial charge in [0.25, 0.3) is 5.91 Å². The van der Waals surface area contributed by atoms with E-state index < -0.39 is 0 Å². The fourth-order valence-corrected chi connectivity index (χ4v) is 2.88. The van der Waals surface area contributed by atoms with Crippen molar-refractivity contribution in [1.29, 1.82) is 5.26 Å². The highest BCUT2D eigenvalue weighted by Crippen LogP contribution is 2.27. The Morgan fingerprint density at radius 1 is 1.39 bits per heavy atom. The molecule has 3 rings (SSSR count). The number of nitrogens with zero attached hydrogens (tertiary/aromatic N) is 5. The first-order valence-electron chi connectivity index (χ1n) is 8.78. The van der Waals surface area contributed by atoms with Crippen molar-refractivity contribution in [2.24, 2.45) is 0 Å². The van der Waals surface area contributed by atoms with Gasteiger partial charge in [-0.25, -0.2) is 0 Å². The van der Waals surface area contributed by atoms with Crippen LogP contribution in [0.25, 0.3) is 5.57 Å². The Hall–Kier alpha value is -3.45. The van der Waals surface area contributed by atoms with E-state index >= 15 is 0 Å². The lowest BCUT2D eigenvalue weighted by molar-refractivity contribution is -0.137. The van der Waals surface area contributed by atoms with Crippen molar-refractivity contribution in [3.63, 3.8) is 0 Å². The molecular formula is C18H21N7O3. The number of benzene rings is 1.